The molecular weight excluding hydrogens is 294 g/mol. The Bertz CT molecular complexity index is 474. The number of hydrogen-bond acceptors (Lipinski definition) is 4. The monoisotopic (exact) mass is 313 g/mol. The van der Waals surface area contributed by atoms with Gasteiger partial charge in [0.15, 0.2) is 0 Å². The minimum Gasteiger partial charge on any atom is -0.493 e. The molecule has 5 heteroatoms. The van der Waals surface area contributed by atoms with Gasteiger partial charge in [0, 0.05) is 11.8 Å². The molecule has 0 N–H and O–H groups in total. The van der Waals surface area contributed by atoms with Crippen molar-refractivity contribution in [3.05, 3.63) is 22.7 Å². The van der Waals surface area contributed by atoms with Crippen LogP contribution in [0.25, 0.3) is 0 Å². The van der Waals surface area contributed by atoms with Crippen LogP contribution in [-0.4, -0.2) is 19.0 Å². The van der Waals surface area contributed by atoms with Crippen molar-refractivity contribution in [2.75, 3.05) is 19.0 Å². The molecule has 1 aromatic carbocycles. The van der Waals surface area contributed by atoms with Crippen LogP contribution < -0.4 is 9.47 Å². The summed E-state index contributed by atoms with van der Waals surface area (Å²) in [5.74, 6) is 2.65. The lowest BCUT2D eigenvalue weighted by Crippen LogP contribution is -2.06. The number of thioether (sulfide) groups is 1. The Morgan fingerprint density at radius 2 is 1.90 bits per heavy atom. The van der Waals surface area contributed by atoms with Crippen LogP contribution in [0.5, 0.6) is 11.5 Å². The van der Waals surface area contributed by atoms with Crippen molar-refractivity contribution < 1.29 is 9.47 Å². The zero-order valence-corrected chi connectivity index (χ0v) is 13.7. The van der Waals surface area contributed by atoms with Crippen molar-refractivity contribution in [2.45, 2.75) is 27.2 Å². The van der Waals surface area contributed by atoms with E-state index in [0.717, 1.165) is 23.5 Å². The highest BCUT2D eigenvalue weighted by Crippen LogP contribution is 2.34. The fourth-order valence-corrected chi connectivity index (χ4v) is 2.62. The molecule has 0 aromatic heterocycles. The third kappa shape index (κ3) is 5.15. The van der Waals surface area contributed by atoms with Gasteiger partial charge >= 0.3 is 0 Å². The summed E-state index contributed by atoms with van der Waals surface area (Å²) in [5.41, 5.74) is 1.06. The van der Waals surface area contributed by atoms with Crippen LogP contribution in [-0.2, 0) is 6.42 Å². The van der Waals surface area contributed by atoms with Gasteiger partial charge in [0.05, 0.1) is 18.2 Å². The topological polar surface area (TPSA) is 42.2 Å². The number of hydrogen-bond donors (Lipinski definition) is 0. The van der Waals surface area contributed by atoms with Gasteiger partial charge in [-0.1, -0.05) is 18.5 Å². The maximum absolute atomic E-state index is 8.61. The summed E-state index contributed by atoms with van der Waals surface area (Å²) in [5, 5.41) is 11.3. The van der Waals surface area contributed by atoms with Gasteiger partial charge in [-0.3, -0.25) is 0 Å². The van der Waals surface area contributed by atoms with E-state index in [0.29, 0.717) is 29.9 Å². The van der Waals surface area contributed by atoms with Crippen LogP contribution in [0, 0.1) is 16.6 Å². The van der Waals surface area contributed by atoms with E-state index in [1.165, 1.54) is 11.8 Å². The molecule has 1 rings (SSSR count). The lowest BCUT2D eigenvalue weighted by Gasteiger charge is -2.16. The molecule has 0 saturated carbocycles. The SMILES string of the molecule is CCOc1cc(OCC)c(CC(C)CSC#N)cc1Cl. The smallest absolute Gasteiger partial charge is 0.141 e. The highest BCUT2D eigenvalue weighted by Gasteiger charge is 2.13. The van der Waals surface area contributed by atoms with Crippen LogP contribution in [0.4, 0.5) is 0 Å². The number of ether oxygens (including phenoxy) is 2. The summed E-state index contributed by atoms with van der Waals surface area (Å²) in [4.78, 5) is 0. The molecule has 1 atom stereocenters. The summed E-state index contributed by atoms with van der Waals surface area (Å²) < 4.78 is 11.2. The van der Waals surface area contributed by atoms with Crippen LogP contribution in [0.3, 0.4) is 0 Å². The van der Waals surface area contributed by atoms with Gasteiger partial charge in [-0.15, -0.1) is 0 Å². The van der Waals surface area contributed by atoms with E-state index in [1.807, 2.05) is 26.0 Å². The minimum atomic E-state index is 0.382. The Morgan fingerprint density at radius 3 is 2.50 bits per heavy atom. The average Bonchev–Trinajstić information content (AvgIpc) is 2.42. The Kier molecular flexibility index (Phi) is 7.64. The Hall–Kier alpha value is -1.05. The molecule has 0 radical (unpaired) electrons. The summed E-state index contributed by atoms with van der Waals surface area (Å²) in [6, 6.07) is 3.76. The highest BCUT2D eigenvalue weighted by atomic mass is 35.5. The first-order chi connectivity index (χ1) is 9.62. The second kappa shape index (κ2) is 8.99. The second-order valence-corrected chi connectivity index (χ2v) is 5.68. The summed E-state index contributed by atoms with van der Waals surface area (Å²) in [7, 11) is 0. The number of benzene rings is 1. The molecule has 0 aliphatic heterocycles. The maximum atomic E-state index is 8.61. The van der Waals surface area contributed by atoms with E-state index in [2.05, 4.69) is 12.3 Å². The maximum Gasteiger partial charge on any atom is 0.141 e. The van der Waals surface area contributed by atoms with Crippen molar-refractivity contribution >= 4 is 23.4 Å². The number of halogens is 1. The highest BCUT2D eigenvalue weighted by molar-refractivity contribution is 8.03. The quantitative estimate of drug-likeness (QED) is 0.661. The second-order valence-electron chi connectivity index (χ2n) is 4.47. The molecule has 1 unspecified atom stereocenters. The molecule has 0 heterocycles. The van der Waals surface area contributed by atoms with E-state index in [-0.39, 0.29) is 0 Å². The van der Waals surface area contributed by atoms with Crippen molar-refractivity contribution in [1.82, 2.24) is 0 Å². The molecule has 0 aliphatic rings. The predicted octanol–water partition coefficient (Wildman–Crippen LogP) is 4.53. The molecule has 0 amide bonds. The first-order valence-corrected chi connectivity index (χ1v) is 8.07. The summed E-state index contributed by atoms with van der Waals surface area (Å²) in [6.45, 7) is 7.16. The normalized spacial score (nSPS) is 11.8. The molecular formula is C15H20ClNO2S. The van der Waals surface area contributed by atoms with Crippen molar-refractivity contribution in [1.29, 1.82) is 5.26 Å². The standard InChI is InChI=1S/C15H20ClNO2S/c1-4-18-14-8-15(19-5-2)13(16)7-12(14)6-11(3)9-20-10-17/h7-8,11H,4-6,9H2,1-3H3. The largest absolute Gasteiger partial charge is 0.493 e. The van der Waals surface area contributed by atoms with Crippen LogP contribution >= 0.6 is 23.4 Å². The zero-order chi connectivity index (χ0) is 15.0. The van der Waals surface area contributed by atoms with Gasteiger partial charge in [-0.2, -0.15) is 5.26 Å². The Labute approximate surface area is 130 Å². The molecule has 0 fully saturated rings. The van der Waals surface area contributed by atoms with Gasteiger partial charge in [0.2, 0.25) is 0 Å². The lowest BCUT2D eigenvalue weighted by molar-refractivity contribution is 0.320. The van der Waals surface area contributed by atoms with Crippen LogP contribution in [0.15, 0.2) is 12.1 Å². The van der Waals surface area contributed by atoms with Gasteiger partial charge in [0.1, 0.15) is 16.9 Å². The molecule has 20 heavy (non-hydrogen) atoms. The fourth-order valence-electron chi connectivity index (χ4n) is 1.91. The molecule has 0 saturated heterocycles. The van der Waals surface area contributed by atoms with Crippen LogP contribution in [0.2, 0.25) is 5.02 Å². The summed E-state index contributed by atoms with van der Waals surface area (Å²) >= 11 is 7.51. The van der Waals surface area contributed by atoms with Gasteiger partial charge in [-0.05, 0) is 49.6 Å². The molecule has 0 bridgehead atoms. The number of thiocyanates is 1. The number of rotatable bonds is 8. The van der Waals surface area contributed by atoms with Gasteiger partial charge in [-0.25, -0.2) is 0 Å². The van der Waals surface area contributed by atoms with Crippen molar-refractivity contribution in [3.63, 3.8) is 0 Å². The van der Waals surface area contributed by atoms with E-state index >= 15 is 0 Å². The van der Waals surface area contributed by atoms with Crippen molar-refractivity contribution in [3.8, 4) is 16.9 Å². The predicted molar refractivity (Wildman–Crippen MR) is 84.7 cm³/mol. The molecule has 0 spiro atoms. The molecule has 1 aromatic rings. The van der Waals surface area contributed by atoms with Crippen molar-refractivity contribution in [2.24, 2.45) is 5.92 Å². The summed E-state index contributed by atoms with van der Waals surface area (Å²) in [6.07, 6.45) is 0.830. The van der Waals surface area contributed by atoms with E-state index in [1.54, 1.807) is 0 Å². The zero-order valence-electron chi connectivity index (χ0n) is 12.1. The molecule has 0 aliphatic carbocycles. The number of nitrogens with zero attached hydrogens (tertiary/aromatic N) is 1. The van der Waals surface area contributed by atoms with Gasteiger partial charge < -0.3 is 9.47 Å². The average molecular weight is 314 g/mol. The lowest BCUT2D eigenvalue weighted by atomic mass is 10.0. The van der Waals surface area contributed by atoms with E-state index in [4.69, 9.17) is 26.3 Å². The van der Waals surface area contributed by atoms with E-state index in [9.17, 15) is 0 Å². The molecule has 110 valence electrons. The van der Waals surface area contributed by atoms with Crippen LogP contribution in [0.1, 0.15) is 26.3 Å². The minimum absolute atomic E-state index is 0.382. The van der Waals surface area contributed by atoms with Gasteiger partial charge in [0.25, 0.3) is 0 Å². The fraction of sp³-hybridized carbons (Fsp3) is 0.533. The Morgan fingerprint density at radius 1 is 1.25 bits per heavy atom. The number of nitriles is 1. The third-order valence-electron chi connectivity index (χ3n) is 2.72. The van der Waals surface area contributed by atoms with E-state index < -0.39 is 0 Å². The first-order valence-electron chi connectivity index (χ1n) is 6.71. The Balaban J connectivity index is 2.93. The first kappa shape index (κ1) is 17.0. The third-order valence-corrected chi connectivity index (χ3v) is 3.88. The molecule has 3 nitrogen and oxygen atoms in total.